The van der Waals surface area contributed by atoms with Gasteiger partial charge in [-0.25, -0.2) is 9.59 Å². The van der Waals surface area contributed by atoms with Gasteiger partial charge in [-0.05, 0) is 42.3 Å². The Kier molecular flexibility index (Phi) is 5.79. The number of nitrogens with zero attached hydrogens (tertiary/aromatic N) is 3. The third-order valence-corrected chi connectivity index (χ3v) is 7.88. The van der Waals surface area contributed by atoms with Gasteiger partial charge in [-0.3, -0.25) is 40.0 Å². The fraction of sp³-hybridized carbons (Fsp3) is 0.259. The minimum atomic E-state index is -1.58. The number of carbonyl (C=O) groups is 6. The quantitative estimate of drug-likeness (QED) is 0.242. The summed E-state index contributed by atoms with van der Waals surface area (Å²) in [6.45, 7) is 1.55. The molecule has 0 unspecified atom stereocenters. The summed E-state index contributed by atoms with van der Waals surface area (Å²) in [6, 6.07) is 12.9. The molecule has 13 nitrogen and oxygen atoms in total. The molecule has 0 bridgehead atoms. The Hall–Kier alpha value is -5.20. The van der Waals surface area contributed by atoms with Crippen molar-refractivity contribution >= 4 is 52.8 Å². The molecule has 0 aromatic heterocycles. The van der Waals surface area contributed by atoms with Crippen molar-refractivity contribution in [3.8, 4) is 0 Å². The highest BCUT2D eigenvalue weighted by atomic mass is 16.2. The number of amides is 8. The number of urea groups is 2. The minimum Gasteiger partial charge on any atom is -0.368 e. The van der Waals surface area contributed by atoms with Crippen molar-refractivity contribution in [2.75, 3.05) is 41.8 Å². The highest BCUT2D eigenvalue weighted by Crippen LogP contribution is 2.45. The van der Waals surface area contributed by atoms with Crippen molar-refractivity contribution in [3.63, 3.8) is 0 Å². The average Bonchev–Trinajstić information content (AvgIpc) is 2.94. The number of anilines is 3. The Balaban J connectivity index is 1.36. The number of para-hydroxylation sites is 1. The molecule has 40 heavy (non-hydrogen) atoms. The molecule has 1 atom stereocenters. The summed E-state index contributed by atoms with van der Waals surface area (Å²) in [6.07, 6.45) is 1.24. The lowest BCUT2D eigenvalue weighted by Gasteiger charge is -2.54. The number of carbonyl (C=O) groups excluding carboxylic acids is 6. The van der Waals surface area contributed by atoms with E-state index in [0.717, 1.165) is 16.3 Å². The Morgan fingerprint density at radius 2 is 1.65 bits per heavy atom. The predicted octanol–water partition coefficient (Wildman–Crippen LogP) is 0.294. The predicted molar refractivity (Wildman–Crippen MR) is 142 cm³/mol. The maximum Gasteiger partial charge on any atom is 0.331 e. The highest BCUT2D eigenvalue weighted by Gasteiger charge is 2.60. The van der Waals surface area contributed by atoms with Crippen LogP contribution in [0.1, 0.15) is 5.56 Å². The van der Waals surface area contributed by atoms with E-state index in [4.69, 9.17) is 0 Å². The fourth-order valence-electron chi connectivity index (χ4n) is 5.81. The number of imide groups is 4. The summed E-state index contributed by atoms with van der Waals surface area (Å²) < 4.78 is 0. The first-order chi connectivity index (χ1) is 19.2. The average molecular weight is 544 g/mol. The molecular formula is C27H25N7O6. The van der Waals surface area contributed by atoms with Crippen molar-refractivity contribution in [3.05, 3.63) is 65.9 Å². The second-order valence-electron chi connectivity index (χ2n) is 10.0. The van der Waals surface area contributed by atoms with E-state index in [9.17, 15) is 28.8 Å². The second kappa shape index (κ2) is 9.22. The van der Waals surface area contributed by atoms with Gasteiger partial charge in [0.15, 0.2) is 5.41 Å². The zero-order chi connectivity index (χ0) is 28.2. The lowest BCUT2D eigenvalue weighted by Crippen LogP contribution is -2.74. The Bertz CT molecular complexity index is 1500. The van der Waals surface area contributed by atoms with Crippen molar-refractivity contribution in [2.24, 2.45) is 5.41 Å². The van der Waals surface area contributed by atoms with Gasteiger partial charge in [-0.1, -0.05) is 18.2 Å². The molecule has 0 radical (unpaired) electrons. The molecule has 204 valence electrons. The zero-order valence-electron chi connectivity index (χ0n) is 21.4. The first-order valence-corrected chi connectivity index (χ1v) is 12.7. The van der Waals surface area contributed by atoms with Crippen LogP contribution in [0, 0.1) is 5.41 Å². The van der Waals surface area contributed by atoms with E-state index in [1.165, 1.54) is 13.2 Å². The van der Waals surface area contributed by atoms with E-state index in [1.54, 1.807) is 12.1 Å². The number of fused-ring (bicyclic) bond motifs is 4. The summed E-state index contributed by atoms with van der Waals surface area (Å²) in [5.74, 6) is -2.89. The summed E-state index contributed by atoms with van der Waals surface area (Å²) in [5.41, 5.74) is 1.16. The molecule has 4 aliphatic heterocycles. The lowest BCUT2D eigenvalue weighted by molar-refractivity contribution is -0.146. The van der Waals surface area contributed by atoms with E-state index in [2.05, 4.69) is 26.2 Å². The summed E-state index contributed by atoms with van der Waals surface area (Å²) >= 11 is 0. The molecule has 6 rings (SSSR count). The number of piperazine rings is 1. The molecule has 4 heterocycles. The molecule has 4 aliphatic rings. The van der Waals surface area contributed by atoms with E-state index in [1.807, 2.05) is 41.3 Å². The SMILES string of the molecule is CN1C(=O)NC(=O)/C(=C\Nc2ccc3c(c2)CC2(C(=O)NC(=O)NC2=O)[C@H]2CN(c4ccccc4)CCN32)C1=O. The van der Waals surface area contributed by atoms with Crippen LogP contribution in [-0.4, -0.2) is 73.3 Å². The lowest BCUT2D eigenvalue weighted by atomic mass is 9.68. The minimum absolute atomic E-state index is 0.0276. The van der Waals surface area contributed by atoms with Crippen LogP contribution in [0.5, 0.6) is 0 Å². The molecule has 3 saturated heterocycles. The Morgan fingerprint density at radius 3 is 2.38 bits per heavy atom. The van der Waals surface area contributed by atoms with Gasteiger partial charge in [-0.2, -0.15) is 0 Å². The van der Waals surface area contributed by atoms with Gasteiger partial charge in [-0.15, -0.1) is 0 Å². The molecule has 0 saturated carbocycles. The Morgan fingerprint density at radius 1 is 0.925 bits per heavy atom. The normalized spacial score (nSPS) is 23.0. The van der Waals surface area contributed by atoms with Gasteiger partial charge in [0, 0.05) is 49.9 Å². The topological polar surface area (TPSA) is 160 Å². The largest absolute Gasteiger partial charge is 0.368 e. The van der Waals surface area contributed by atoms with Crippen LogP contribution in [0.3, 0.4) is 0 Å². The number of nitrogens with one attached hydrogen (secondary N) is 4. The van der Waals surface area contributed by atoms with Crippen molar-refractivity contribution in [2.45, 2.75) is 12.5 Å². The molecular weight excluding hydrogens is 518 g/mol. The van der Waals surface area contributed by atoms with Crippen LogP contribution in [0.2, 0.25) is 0 Å². The first kappa shape index (κ1) is 25.1. The van der Waals surface area contributed by atoms with Crippen molar-refractivity contribution in [1.29, 1.82) is 0 Å². The monoisotopic (exact) mass is 543 g/mol. The number of benzene rings is 2. The van der Waals surface area contributed by atoms with E-state index in [0.29, 0.717) is 30.9 Å². The van der Waals surface area contributed by atoms with Gasteiger partial charge in [0.1, 0.15) is 5.57 Å². The standard InChI is InChI=1S/C27H25N7O6/c1-32-22(36)18(21(35)29-26(32)40)13-28-16-7-8-19-15(11-16)12-27(23(37)30-25(39)31-24(27)38)20-14-33(9-10-34(19)20)17-5-3-2-4-6-17/h2-8,11,13,20,28H,9-10,12,14H2,1H3,(H,29,35,40)(H2,30,31,37,38,39)/b18-13+/t20-/m1/s1. The van der Waals surface area contributed by atoms with Crippen molar-refractivity contribution < 1.29 is 28.8 Å². The van der Waals surface area contributed by atoms with Gasteiger partial charge >= 0.3 is 12.1 Å². The third kappa shape index (κ3) is 3.85. The zero-order valence-corrected chi connectivity index (χ0v) is 21.4. The number of likely N-dealkylation sites (N-methyl/N-ethyl adjacent to an activating group) is 1. The molecule has 2 aromatic rings. The number of hydrogen-bond donors (Lipinski definition) is 4. The Labute approximate surface area is 228 Å². The summed E-state index contributed by atoms with van der Waals surface area (Å²) in [5, 5.41) is 9.59. The molecule has 13 heteroatoms. The molecule has 8 amide bonds. The van der Waals surface area contributed by atoms with Crippen LogP contribution in [0.15, 0.2) is 60.3 Å². The van der Waals surface area contributed by atoms with Gasteiger partial charge in [0.25, 0.3) is 11.8 Å². The van der Waals surface area contributed by atoms with E-state index >= 15 is 0 Å². The third-order valence-electron chi connectivity index (χ3n) is 7.88. The molecule has 4 N–H and O–H groups in total. The van der Waals surface area contributed by atoms with Gasteiger partial charge in [0.05, 0.1) is 6.04 Å². The number of rotatable bonds is 3. The summed E-state index contributed by atoms with van der Waals surface area (Å²) in [7, 11) is 1.26. The van der Waals surface area contributed by atoms with Crippen LogP contribution < -0.4 is 31.1 Å². The number of barbiturate groups is 2. The maximum atomic E-state index is 13.5. The smallest absolute Gasteiger partial charge is 0.331 e. The van der Waals surface area contributed by atoms with Crippen LogP contribution in [0.25, 0.3) is 0 Å². The molecule has 0 aliphatic carbocycles. The highest BCUT2D eigenvalue weighted by molar-refractivity contribution is 6.28. The van der Waals surface area contributed by atoms with Gasteiger partial charge in [0.2, 0.25) is 11.8 Å². The summed E-state index contributed by atoms with van der Waals surface area (Å²) in [4.78, 5) is 80.1. The molecule has 3 fully saturated rings. The van der Waals surface area contributed by atoms with Crippen LogP contribution in [0.4, 0.5) is 26.7 Å². The molecule has 1 spiro atoms. The first-order valence-electron chi connectivity index (χ1n) is 12.7. The second-order valence-corrected chi connectivity index (χ2v) is 10.0. The van der Waals surface area contributed by atoms with Crippen LogP contribution in [-0.2, 0) is 25.6 Å². The molecule has 2 aromatic carbocycles. The van der Waals surface area contributed by atoms with Crippen molar-refractivity contribution in [1.82, 2.24) is 20.9 Å². The van der Waals surface area contributed by atoms with E-state index in [-0.39, 0.29) is 12.0 Å². The van der Waals surface area contributed by atoms with Crippen LogP contribution >= 0.6 is 0 Å². The van der Waals surface area contributed by atoms with Gasteiger partial charge < -0.3 is 15.1 Å². The maximum absolute atomic E-state index is 13.5. The van der Waals surface area contributed by atoms with E-state index < -0.39 is 47.1 Å². The fourth-order valence-corrected chi connectivity index (χ4v) is 5.81. The number of hydrogen-bond acceptors (Lipinski definition) is 9.